The normalized spacial score (nSPS) is 14.2. The molecule has 2 aromatic rings. The zero-order chi connectivity index (χ0) is 19.6. The number of fused-ring (bicyclic) bond motifs is 1. The Hall–Kier alpha value is -2.26. The molecule has 2 amide bonds. The van der Waals surface area contributed by atoms with Crippen molar-refractivity contribution in [2.75, 3.05) is 25.5 Å². The average molecular weight is 402 g/mol. The SMILES string of the molecule is CNCC(F)(F)Cn1cc2c(n1)CCN(C(=O)Nc1ccc(F)c(Cl)c1)C2. The Morgan fingerprint density at radius 1 is 1.41 bits per heavy atom. The molecule has 146 valence electrons. The van der Waals surface area contributed by atoms with Gasteiger partial charge in [-0.1, -0.05) is 11.6 Å². The summed E-state index contributed by atoms with van der Waals surface area (Å²) in [5.74, 6) is -3.48. The lowest BCUT2D eigenvalue weighted by Gasteiger charge is -2.26. The van der Waals surface area contributed by atoms with Gasteiger partial charge in [-0.25, -0.2) is 18.0 Å². The number of carbonyl (C=O) groups is 1. The van der Waals surface area contributed by atoms with Gasteiger partial charge in [-0.15, -0.1) is 0 Å². The van der Waals surface area contributed by atoms with Crippen molar-refractivity contribution in [2.24, 2.45) is 0 Å². The van der Waals surface area contributed by atoms with Crippen LogP contribution in [0.25, 0.3) is 0 Å². The van der Waals surface area contributed by atoms with E-state index in [9.17, 15) is 18.0 Å². The molecule has 0 bridgehead atoms. The molecule has 1 aromatic heterocycles. The number of hydrogen-bond donors (Lipinski definition) is 2. The van der Waals surface area contributed by atoms with Gasteiger partial charge in [-0.05, 0) is 25.2 Å². The Kier molecular flexibility index (Phi) is 5.61. The second kappa shape index (κ2) is 7.77. The molecular weight excluding hydrogens is 383 g/mol. The average Bonchev–Trinajstić information content (AvgIpc) is 2.98. The minimum Gasteiger partial charge on any atom is -0.320 e. The number of benzene rings is 1. The summed E-state index contributed by atoms with van der Waals surface area (Å²) < 4.78 is 41.9. The van der Waals surface area contributed by atoms with E-state index in [2.05, 4.69) is 15.7 Å². The van der Waals surface area contributed by atoms with Crippen LogP contribution in [0.4, 0.5) is 23.7 Å². The highest BCUT2D eigenvalue weighted by molar-refractivity contribution is 6.31. The fraction of sp³-hybridized carbons (Fsp3) is 0.412. The molecule has 1 aliphatic rings. The molecule has 0 spiro atoms. The molecule has 6 nitrogen and oxygen atoms in total. The number of hydrogen-bond acceptors (Lipinski definition) is 3. The summed E-state index contributed by atoms with van der Waals surface area (Å²) in [6.45, 7) is -0.307. The van der Waals surface area contributed by atoms with Crippen molar-refractivity contribution in [3.63, 3.8) is 0 Å². The van der Waals surface area contributed by atoms with Crippen molar-refractivity contribution < 1.29 is 18.0 Å². The number of amides is 2. The Morgan fingerprint density at radius 2 is 2.19 bits per heavy atom. The molecule has 2 N–H and O–H groups in total. The summed E-state index contributed by atoms with van der Waals surface area (Å²) in [4.78, 5) is 14.0. The Morgan fingerprint density at radius 3 is 2.89 bits per heavy atom. The van der Waals surface area contributed by atoms with E-state index in [-0.39, 0.29) is 17.6 Å². The molecule has 10 heteroatoms. The number of urea groups is 1. The third-order valence-corrected chi connectivity index (χ3v) is 4.48. The predicted molar refractivity (Wildman–Crippen MR) is 95.6 cm³/mol. The molecule has 2 heterocycles. The maximum absolute atomic E-state index is 13.7. The highest BCUT2D eigenvalue weighted by Gasteiger charge is 2.30. The molecule has 0 saturated carbocycles. The fourth-order valence-electron chi connectivity index (χ4n) is 2.95. The zero-order valence-electron chi connectivity index (χ0n) is 14.6. The Bertz CT molecular complexity index is 842. The first-order chi connectivity index (χ1) is 12.8. The highest BCUT2D eigenvalue weighted by atomic mass is 35.5. The van der Waals surface area contributed by atoms with Gasteiger partial charge in [0.25, 0.3) is 5.92 Å². The molecule has 0 saturated heterocycles. The molecule has 0 radical (unpaired) electrons. The highest BCUT2D eigenvalue weighted by Crippen LogP contribution is 2.23. The van der Waals surface area contributed by atoms with Crippen LogP contribution in [0.3, 0.4) is 0 Å². The number of anilines is 1. The first-order valence-corrected chi connectivity index (χ1v) is 8.74. The second-order valence-electron chi connectivity index (χ2n) is 6.42. The summed E-state index contributed by atoms with van der Waals surface area (Å²) in [5, 5.41) is 9.23. The molecule has 0 aliphatic carbocycles. The Balaban J connectivity index is 1.65. The molecule has 27 heavy (non-hydrogen) atoms. The number of aromatic nitrogens is 2. The largest absolute Gasteiger partial charge is 0.322 e. The summed E-state index contributed by atoms with van der Waals surface area (Å²) in [5.41, 5.74) is 1.82. The van der Waals surface area contributed by atoms with Gasteiger partial charge >= 0.3 is 6.03 Å². The van der Waals surface area contributed by atoms with Crippen LogP contribution in [0.2, 0.25) is 5.02 Å². The molecule has 0 fully saturated rings. The number of nitrogens with one attached hydrogen (secondary N) is 2. The second-order valence-corrected chi connectivity index (χ2v) is 6.82. The lowest BCUT2D eigenvalue weighted by molar-refractivity contribution is -0.0163. The van der Waals surface area contributed by atoms with Gasteiger partial charge in [0.2, 0.25) is 0 Å². The van der Waals surface area contributed by atoms with Crippen LogP contribution >= 0.6 is 11.6 Å². The quantitative estimate of drug-likeness (QED) is 0.809. The monoisotopic (exact) mass is 401 g/mol. The van der Waals surface area contributed by atoms with Crippen LogP contribution in [0.5, 0.6) is 0 Å². The van der Waals surface area contributed by atoms with E-state index >= 15 is 0 Å². The van der Waals surface area contributed by atoms with Crippen LogP contribution in [-0.2, 0) is 19.5 Å². The van der Waals surface area contributed by atoms with Crippen molar-refractivity contribution >= 4 is 23.3 Å². The molecular formula is C17H19ClF3N5O. The van der Waals surface area contributed by atoms with E-state index < -0.39 is 24.8 Å². The lowest BCUT2D eigenvalue weighted by Crippen LogP contribution is -2.38. The van der Waals surface area contributed by atoms with Gasteiger partial charge in [-0.3, -0.25) is 4.68 Å². The van der Waals surface area contributed by atoms with Crippen LogP contribution in [-0.4, -0.2) is 46.8 Å². The van der Waals surface area contributed by atoms with E-state index in [1.807, 2.05) is 0 Å². The number of carbonyl (C=O) groups excluding carboxylic acids is 1. The third-order valence-electron chi connectivity index (χ3n) is 4.19. The van der Waals surface area contributed by atoms with Gasteiger partial charge in [0.1, 0.15) is 12.4 Å². The molecule has 3 rings (SSSR count). The summed E-state index contributed by atoms with van der Waals surface area (Å²) in [7, 11) is 1.47. The van der Waals surface area contributed by atoms with Crippen LogP contribution in [0.15, 0.2) is 24.4 Å². The summed E-state index contributed by atoms with van der Waals surface area (Å²) in [6, 6.07) is 3.53. The summed E-state index contributed by atoms with van der Waals surface area (Å²) >= 11 is 5.71. The van der Waals surface area contributed by atoms with Crippen LogP contribution in [0.1, 0.15) is 11.3 Å². The van der Waals surface area contributed by atoms with Crippen LogP contribution in [0, 0.1) is 5.82 Å². The number of rotatable bonds is 5. The molecule has 0 unspecified atom stereocenters. The Labute approximate surface area is 159 Å². The minimum atomic E-state index is -2.91. The fourth-order valence-corrected chi connectivity index (χ4v) is 3.13. The smallest absolute Gasteiger partial charge is 0.320 e. The first-order valence-electron chi connectivity index (χ1n) is 8.36. The van der Waals surface area contributed by atoms with Gasteiger partial charge in [0, 0.05) is 30.4 Å². The minimum absolute atomic E-state index is 0.0856. The van der Waals surface area contributed by atoms with Gasteiger partial charge in [0.05, 0.1) is 23.8 Å². The van der Waals surface area contributed by atoms with E-state index in [0.29, 0.717) is 24.3 Å². The van der Waals surface area contributed by atoms with E-state index in [1.54, 1.807) is 6.20 Å². The van der Waals surface area contributed by atoms with Crippen molar-refractivity contribution in [1.82, 2.24) is 20.0 Å². The maximum atomic E-state index is 13.7. The van der Waals surface area contributed by atoms with Crippen molar-refractivity contribution in [3.8, 4) is 0 Å². The van der Waals surface area contributed by atoms with Crippen LogP contribution < -0.4 is 10.6 Å². The van der Waals surface area contributed by atoms with Gasteiger partial charge in [0.15, 0.2) is 0 Å². The summed E-state index contributed by atoms with van der Waals surface area (Å²) in [6.07, 6.45) is 2.02. The lowest BCUT2D eigenvalue weighted by atomic mass is 10.1. The topological polar surface area (TPSA) is 62.2 Å². The number of nitrogens with zero attached hydrogens (tertiary/aromatic N) is 3. The van der Waals surface area contributed by atoms with E-state index in [4.69, 9.17) is 11.6 Å². The van der Waals surface area contributed by atoms with Gasteiger partial charge < -0.3 is 15.5 Å². The maximum Gasteiger partial charge on any atom is 0.322 e. The molecule has 1 aromatic carbocycles. The molecule has 1 aliphatic heterocycles. The van der Waals surface area contributed by atoms with Crippen molar-refractivity contribution in [2.45, 2.75) is 25.4 Å². The standard InChI is InChI=1S/C17H19ClF3N5O/c1-22-9-17(20,21)10-26-8-11-7-25(5-4-15(11)24-26)16(27)23-12-2-3-14(19)13(18)6-12/h2-3,6,8,22H,4-5,7,9-10H2,1H3,(H,23,27). The predicted octanol–water partition coefficient (Wildman–Crippen LogP) is 3.12. The van der Waals surface area contributed by atoms with Crippen molar-refractivity contribution in [1.29, 1.82) is 0 Å². The first kappa shape index (κ1) is 19.5. The van der Waals surface area contributed by atoms with Gasteiger partial charge in [-0.2, -0.15) is 5.10 Å². The van der Waals surface area contributed by atoms with E-state index in [0.717, 1.165) is 5.56 Å². The third kappa shape index (κ3) is 4.72. The van der Waals surface area contributed by atoms with Crippen molar-refractivity contribution in [3.05, 3.63) is 46.5 Å². The number of halogens is 4. The van der Waals surface area contributed by atoms with E-state index in [1.165, 1.54) is 34.8 Å². The number of alkyl halides is 2. The molecule has 0 atom stereocenters. The zero-order valence-corrected chi connectivity index (χ0v) is 15.4.